The molecule has 0 unspecified atom stereocenters. The van der Waals surface area contributed by atoms with E-state index in [-0.39, 0.29) is 0 Å². The summed E-state index contributed by atoms with van der Waals surface area (Å²) in [6, 6.07) is 0. The molecule has 44 valence electrons. The number of carboxylic acid groups (broad SMARTS) is 1. The SMILES string of the molecule is C[C@H](O)C#CC(=O)O. The van der Waals surface area contributed by atoms with Crippen LogP contribution in [-0.4, -0.2) is 22.3 Å². The molecule has 0 aliphatic carbocycles. The Kier molecular flexibility index (Phi) is 2.67. The highest BCUT2D eigenvalue weighted by Gasteiger charge is 1.85. The molecule has 0 fully saturated rings. The number of carboxylic acids is 1. The van der Waals surface area contributed by atoms with Crippen molar-refractivity contribution < 1.29 is 15.0 Å². The Hall–Kier alpha value is -1.01. The molecule has 0 aromatic rings. The minimum Gasteiger partial charge on any atom is -0.472 e. The van der Waals surface area contributed by atoms with Crippen LogP contribution in [-0.2, 0) is 4.79 Å². The summed E-state index contributed by atoms with van der Waals surface area (Å²) in [5.41, 5.74) is 0. The largest absolute Gasteiger partial charge is 0.472 e. The zero-order chi connectivity index (χ0) is 6.57. The van der Waals surface area contributed by atoms with Gasteiger partial charge >= 0.3 is 5.97 Å². The van der Waals surface area contributed by atoms with Crippen molar-refractivity contribution in [2.45, 2.75) is 13.0 Å². The molecule has 0 bridgehead atoms. The molecular weight excluding hydrogens is 108 g/mol. The van der Waals surface area contributed by atoms with Crippen LogP contribution in [0, 0.1) is 11.8 Å². The Morgan fingerprint density at radius 3 is 2.38 bits per heavy atom. The van der Waals surface area contributed by atoms with Gasteiger partial charge in [0.25, 0.3) is 0 Å². The van der Waals surface area contributed by atoms with Gasteiger partial charge in [0, 0.05) is 5.92 Å². The van der Waals surface area contributed by atoms with Crippen LogP contribution >= 0.6 is 0 Å². The Balaban J connectivity index is 3.68. The van der Waals surface area contributed by atoms with E-state index < -0.39 is 12.1 Å². The summed E-state index contributed by atoms with van der Waals surface area (Å²) in [4.78, 5) is 9.62. The number of aliphatic hydroxyl groups excluding tert-OH is 1. The van der Waals surface area contributed by atoms with Crippen LogP contribution in [0.2, 0.25) is 0 Å². The molecule has 0 amide bonds. The van der Waals surface area contributed by atoms with E-state index in [1.165, 1.54) is 6.92 Å². The molecule has 0 aromatic heterocycles. The summed E-state index contributed by atoms with van der Waals surface area (Å²) in [5, 5.41) is 16.2. The third kappa shape index (κ3) is 4.99. The molecule has 0 spiro atoms. The van der Waals surface area contributed by atoms with Crippen molar-refractivity contribution in [1.82, 2.24) is 0 Å². The van der Waals surface area contributed by atoms with Crippen LogP contribution in [0.15, 0.2) is 0 Å². The lowest BCUT2D eigenvalue weighted by Gasteiger charge is -1.83. The average Bonchev–Trinajstić information content (AvgIpc) is 1.61. The van der Waals surface area contributed by atoms with Gasteiger partial charge in [0.15, 0.2) is 0 Å². The first-order valence-electron chi connectivity index (χ1n) is 2.05. The van der Waals surface area contributed by atoms with Crippen molar-refractivity contribution >= 4 is 5.97 Å². The summed E-state index contributed by atoms with van der Waals surface area (Å²) in [6.45, 7) is 1.40. The first-order valence-corrected chi connectivity index (χ1v) is 2.05. The van der Waals surface area contributed by atoms with Gasteiger partial charge in [0.05, 0.1) is 0 Å². The van der Waals surface area contributed by atoms with Crippen molar-refractivity contribution in [3.05, 3.63) is 0 Å². The minimum atomic E-state index is -1.22. The summed E-state index contributed by atoms with van der Waals surface area (Å²) in [6.07, 6.45) is -0.855. The van der Waals surface area contributed by atoms with Gasteiger partial charge < -0.3 is 10.2 Å². The van der Waals surface area contributed by atoms with Crippen LogP contribution in [0.3, 0.4) is 0 Å². The first kappa shape index (κ1) is 6.99. The van der Waals surface area contributed by atoms with Crippen LogP contribution in [0.1, 0.15) is 6.92 Å². The maximum atomic E-state index is 9.62. The quantitative estimate of drug-likeness (QED) is 0.415. The van der Waals surface area contributed by atoms with E-state index in [2.05, 4.69) is 5.92 Å². The highest BCUT2D eigenvalue weighted by Crippen LogP contribution is 1.70. The highest BCUT2D eigenvalue weighted by molar-refractivity contribution is 5.86. The molecule has 3 nitrogen and oxygen atoms in total. The Bertz CT molecular complexity index is 137. The number of hydrogen-bond donors (Lipinski definition) is 2. The van der Waals surface area contributed by atoms with Gasteiger partial charge in [-0.3, -0.25) is 0 Å². The van der Waals surface area contributed by atoms with Gasteiger partial charge in [-0.25, -0.2) is 4.79 Å². The molecule has 2 N–H and O–H groups in total. The lowest BCUT2D eigenvalue weighted by atomic mass is 10.4. The summed E-state index contributed by atoms with van der Waals surface area (Å²) >= 11 is 0. The molecule has 0 saturated carbocycles. The fourth-order valence-corrected chi connectivity index (χ4v) is 0.166. The molecule has 0 aliphatic rings. The topological polar surface area (TPSA) is 57.5 Å². The van der Waals surface area contributed by atoms with Crippen LogP contribution in [0.5, 0.6) is 0 Å². The normalized spacial score (nSPS) is 11.2. The molecule has 0 rings (SSSR count). The number of aliphatic carboxylic acids is 1. The second-order valence-electron chi connectivity index (χ2n) is 1.25. The summed E-state index contributed by atoms with van der Waals surface area (Å²) in [7, 11) is 0. The molecule has 0 aliphatic heterocycles. The molecule has 0 radical (unpaired) electrons. The van der Waals surface area contributed by atoms with E-state index in [9.17, 15) is 4.79 Å². The van der Waals surface area contributed by atoms with E-state index in [1.807, 2.05) is 0 Å². The second-order valence-corrected chi connectivity index (χ2v) is 1.25. The van der Waals surface area contributed by atoms with E-state index in [0.29, 0.717) is 0 Å². The molecule has 0 aromatic carbocycles. The summed E-state index contributed by atoms with van der Waals surface area (Å²) in [5.74, 6) is 2.60. The van der Waals surface area contributed by atoms with E-state index in [4.69, 9.17) is 10.2 Å². The molecule has 3 heteroatoms. The molecule has 0 heterocycles. The Morgan fingerprint density at radius 1 is 1.75 bits per heavy atom. The van der Waals surface area contributed by atoms with Gasteiger partial charge in [-0.15, -0.1) is 0 Å². The summed E-state index contributed by atoms with van der Waals surface area (Å²) < 4.78 is 0. The standard InChI is InChI=1S/C5H6O3/c1-4(6)2-3-5(7)8/h4,6H,1H3,(H,7,8)/t4-/m0/s1. The lowest BCUT2D eigenvalue weighted by Crippen LogP contribution is -1.95. The maximum absolute atomic E-state index is 9.62. The lowest BCUT2D eigenvalue weighted by molar-refractivity contribution is -0.130. The number of aliphatic hydroxyl groups is 1. The fraction of sp³-hybridized carbons (Fsp3) is 0.400. The highest BCUT2D eigenvalue weighted by atomic mass is 16.4. The van der Waals surface area contributed by atoms with Gasteiger partial charge in [0.2, 0.25) is 0 Å². The minimum absolute atomic E-state index is 0.855. The molecule has 8 heavy (non-hydrogen) atoms. The van der Waals surface area contributed by atoms with Gasteiger partial charge in [0.1, 0.15) is 6.10 Å². The van der Waals surface area contributed by atoms with Gasteiger partial charge in [-0.1, -0.05) is 5.92 Å². The van der Waals surface area contributed by atoms with Gasteiger partial charge in [-0.2, -0.15) is 0 Å². The van der Waals surface area contributed by atoms with Gasteiger partial charge in [-0.05, 0) is 6.92 Å². The van der Waals surface area contributed by atoms with Crippen molar-refractivity contribution in [3.63, 3.8) is 0 Å². The van der Waals surface area contributed by atoms with Crippen molar-refractivity contribution in [2.24, 2.45) is 0 Å². The van der Waals surface area contributed by atoms with Crippen molar-refractivity contribution in [2.75, 3.05) is 0 Å². The van der Waals surface area contributed by atoms with Crippen LogP contribution in [0.25, 0.3) is 0 Å². The predicted octanol–water partition coefficient (Wildman–Crippen LogP) is -0.545. The van der Waals surface area contributed by atoms with Crippen LogP contribution in [0.4, 0.5) is 0 Å². The molecule has 0 saturated heterocycles. The number of rotatable bonds is 0. The van der Waals surface area contributed by atoms with Crippen LogP contribution < -0.4 is 0 Å². The maximum Gasteiger partial charge on any atom is 0.381 e. The Labute approximate surface area is 46.9 Å². The predicted molar refractivity (Wildman–Crippen MR) is 27.1 cm³/mol. The second kappa shape index (κ2) is 3.05. The monoisotopic (exact) mass is 114 g/mol. The number of hydrogen-bond acceptors (Lipinski definition) is 2. The van der Waals surface area contributed by atoms with Crippen molar-refractivity contribution in [3.8, 4) is 11.8 Å². The number of carbonyl (C=O) groups is 1. The molecular formula is C5H6O3. The van der Waals surface area contributed by atoms with E-state index in [0.717, 1.165) is 0 Å². The van der Waals surface area contributed by atoms with E-state index >= 15 is 0 Å². The first-order chi connectivity index (χ1) is 3.63. The third-order valence-electron chi connectivity index (χ3n) is 0.388. The fourth-order valence-electron chi connectivity index (χ4n) is 0.166. The smallest absolute Gasteiger partial charge is 0.381 e. The van der Waals surface area contributed by atoms with E-state index in [1.54, 1.807) is 5.92 Å². The zero-order valence-corrected chi connectivity index (χ0v) is 4.38. The zero-order valence-electron chi connectivity index (χ0n) is 4.38. The third-order valence-corrected chi connectivity index (χ3v) is 0.388. The molecule has 1 atom stereocenters. The Morgan fingerprint density at radius 2 is 2.25 bits per heavy atom. The van der Waals surface area contributed by atoms with Crippen molar-refractivity contribution in [1.29, 1.82) is 0 Å². The average molecular weight is 114 g/mol.